The van der Waals surface area contributed by atoms with E-state index in [1.165, 1.54) is 20.8 Å². The average Bonchev–Trinajstić information content (AvgIpc) is 3.22. The zero-order valence-electron chi connectivity index (χ0n) is 21.6. The Morgan fingerprint density at radius 1 is 1.03 bits per heavy atom. The van der Waals surface area contributed by atoms with Gasteiger partial charge in [-0.3, -0.25) is 14.4 Å². The van der Waals surface area contributed by atoms with Crippen molar-refractivity contribution in [3.8, 4) is 0 Å². The molecule has 3 fully saturated rings. The maximum atomic E-state index is 12.5. The minimum absolute atomic E-state index is 0.135. The predicted octanol–water partition coefficient (Wildman–Crippen LogP) is 0.956. The van der Waals surface area contributed by atoms with Gasteiger partial charge >= 0.3 is 17.9 Å². The smallest absolute Gasteiger partial charge is 0.303 e. The lowest BCUT2D eigenvalue weighted by Crippen LogP contribution is -2.69. The van der Waals surface area contributed by atoms with E-state index in [2.05, 4.69) is 6.58 Å². The normalized spacial score (nSPS) is 45.3. The van der Waals surface area contributed by atoms with Crippen LogP contribution in [0.15, 0.2) is 23.3 Å². The highest BCUT2D eigenvalue weighted by Gasteiger charge is 2.77. The minimum atomic E-state index is -1.80. The van der Waals surface area contributed by atoms with Crippen LogP contribution in [0.4, 0.5) is 0 Å². The molecule has 3 N–H and O–H groups in total. The van der Waals surface area contributed by atoms with E-state index in [9.17, 15) is 29.7 Å². The Labute approximate surface area is 210 Å². The topological polar surface area (TPSA) is 149 Å². The number of aliphatic hydroxyl groups is 3. The van der Waals surface area contributed by atoms with Crippen LogP contribution < -0.4 is 0 Å². The summed E-state index contributed by atoms with van der Waals surface area (Å²) in [5.74, 6) is -2.90. The van der Waals surface area contributed by atoms with Crippen LogP contribution in [-0.2, 0) is 33.3 Å². The van der Waals surface area contributed by atoms with Crippen molar-refractivity contribution in [2.75, 3.05) is 6.61 Å². The van der Waals surface area contributed by atoms with E-state index in [0.29, 0.717) is 16.7 Å². The van der Waals surface area contributed by atoms with Crippen LogP contribution in [0.1, 0.15) is 54.4 Å². The lowest BCUT2D eigenvalue weighted by molar-refractivity contribution is -0.247. The SMILES string of the molecule is C=C(C)[C@@]12C[C@H](O)C(C)=C1[C@@H](OC(C)=O)[C@H](OC(C)=O)[C@]1(C)[C@@H](OC(C)=O)C[C@H](O)[C@@]3(O)CO[C@H]2[C@H]31. The van der Waals surface area contributed by atoms with Crippen molar-refractivity contribution in [1.82, 2.24) is 0 Å². The van der Waals surface area contributed by atoms with Gasteiger partial charge < -0.3 is 34.3 Å². The van der Waals surface area contributed by atoms with Crippen LogP contribution in [-0.4, -0.2) is 82.1 Å². The highest BCUT2D eigenvalue weighted by atomic mass is 16.6. The molecule has 1 saturated heterocycles. The number of rotatable bonds is 4. The highest BCUT2D eigenvalue weighted by Crippen LogP contribution is 2.67. The summed E-state index contributed by atoms with van der Waals surface area (Å²) in [6, 6.07) is 0. The van der Waals surface area contributed by atoms with Gasteiger partial charge in [-0.1, -0.05) is 19.1 Å². The first-order valence-corrected chi connectivity index (χ1v) is 12.2. The first kappa shape index (κ1) is 26.8. The molecular formula is C26H36O10. The van der Waals surface area contributed by atoms with Gasteiger partial charge in [0, 0.05) is 38.5 Å². The largest absolute Gasteiger partial charge is 0.462 e. The fraction of sp³-hybridized carbons (Fsp3) is 0.731. The number of ether oxygens (including phenoxy) is 4. The van der Waals surface area contributed by atoms with Crippen molar-refractivity contribution in [3.63, 3.8) is 0 Å². The molecule has 3 aliphatic carbocycles. The lowest BCUT2D eigenvalue weighted by atomic mass is 9.53. The quantitative estimate of drug-likeness (QED) is 0.285. The lowest BCUT2D eigenvalue weighted by Gasteiger charge is -2.56. The molecule has 10 atom stereocenters. The van der Waals surface area contributed by atoms with E-state index in [1.54, 1.807) is 20.8 Å². The summed E-state index contributed by atoms with van der Waals surface area (Å²) < 4.78 is 23.7. The van der Waals surface area contributed by atoms with Crippen molar-refractivity contribution in [2.45, 2.75) is 96.6 Å². The van der Waals surface area contributed by atoms with Crippen molar-refractivity contribution in [2.24, 2.45) is 16.7 Å². The minimum Gasteiger partial charge on any atom is -0.462 e. The Bertz CT molecular complexity index is 1030. The summed E-state index contributed by atoms with van der Waals surface area (Å²) in [6.45, 7) is 12.8. The molecule has 0 amide bonds. The third-order valence-electron chi connectivity index (χ3n) is 8.95. The van der Waals surface area contributed by atoms with Crippen molar-refractivity contribution >= 4 is 17.9 Å². The molecule has 2 saturated carbocycles. The second kappa shape index (κ2) is 8.65. The number of aliphatic hydroxyl groups excluding tert-OH is 2. The molecule has 0 aromatic rings. The second-order valence-electron chi connectivity index (χ2n) is 11.0. The van der Waals surface area contributed by atoms with E-state index in [1.807, 2.05) is 0 Å². The average molecular weight is 509 g/mol. The van der Waals surface area contributed by atoms with Gasteiger partial charge in [0.15, 0.2) is 12.2 Å². The van der Waals surface area contributed by atoms with Crippen LogP contribution >= 0.6 is 0 Å². The van der Waals surface area contributed by atoms with E-state index < -0.39 is 76.9 Å². The number of esters is 3. The van der Waals surface area contributed by atoms with E-state index >= 15 is 0 Å². The number of fused-ring (bicyclic) bond motifs is 2. The first-order chi connectivity index (χ1) is 16.6. The van der Waals surface area contributed by atoms with Crippen molar-refractivity contribution in [3.05, 3.63) is 23.3 Å². The summed E-state index contributed by atoms with van der Waals surface area (Å²) in [7, 11) is 0. The molecular weight excluding hydrogens is 472 g/mol. The van der Waals surface area contributed by atoms with Crippen LogP contribution in [0.2, 0.25) is 0 Å². The molecule has 1 aliphatic heterocycles. The van der Waals surface area contributed by atoms with Crippen molar-refractivity contribution in [1.29, 1.82) is 0 Å². The predicted molar refractivity (Wildman–Crippen MR) is 124 cm³/mol. The molecule has 1 heterocycles. The van der Waals surface area contributed by atoms with Crippen LogP contribution in [0.3, 0.4) is 0 Å². The van der Waals surface area contributed by atoms with Crippen LogP contribution in [0, 0.1) is 16.7 Å². The van der Waals surface area contributed by atoms with Gasteiger partial charge in [-0.15, -0.1) is 0 Å². The molecule has 10 heteroatoms. The zero-order valence-corrected chi connectivity index (χ0v) is 21.6. The fourth-order valence-electron chi connectivity index (χ4n) is 7.50. The summed E-state index contributed by atoms with van der Waals surface area (Å²) >= 11 is 0. The van der Waals surface area contributed by atoms with Crippen LogP contribution in [0.5, 0.6) is 0 Å². The van der Waals surface area contributed by atoms with Gasteiger partial charge in [0.1, 0.15) is 11.7 Å². The summed E-state index contributed by atoms with van der Waals surface area (Å²) in [4.78, 5) is 37.1. The third-order valence-corrected chi connectivity index (χ3v) is 8.95. The number of carbonyl (C=O) groups excluding carboxylic acids is 3. The zero-order chi connectivity index (χ0) is 27.0. The first-order valence-electron chi connectivity index (χ1n) is 12.2. The van der Waals surface area contributed by atoms with Gasteiger partial charge in [0.2, 0.25) is 0 Å². The summed E-state index contributed by atoms with van der Waals surface area (Å²) in [6.07, 6.45) is -6.60. The molecule has 10 nitrogen and oxygen atoms in total. The van der Waals surface area contributed by atoms with Gasteiger partial charge in [-0.25, -0.2) is 0 Å². The molecule has 0 unspecified atom stereocenters. The maximum Gasteiger partial charge on any atom is 0.303 e. The fourth-order valence-corrected chi connectivity index (χ4v) is 7.50. The third kappa shape index (κ3) is 3.48. The Hall–Kier alpha value is -2.27. The standard InChI is InChI=1S/C26H36O10/c1-11(2)25-9-16(30)12(3)19(25)20(35-14(5)28)22(36-15(6)29)24(7)18(34-13(4)27)8-17(31)26(32)10-33-23(25)21(24)26/h16-18,20-23,30-32H,1,8-10H2,2-7H3/t16-,17-,18-,20+,21-,22-,23-,24+,25-,26-/m0/s1. The van der Waals surface area contributed by atoms with E-state index in [-0.39, 0.29) is 19.4 Å². The Balaban J connectivity index is 2.11. The van der Waals surface area contributed by atoms with Crippen molar-refractivity contribution < 1.29 is 48.7 Å². The van der Waals surface area contributed by atoms with Gasteiger partial charge in [0.05, 0.1) is 30.3 Å². The molecule has 36 heavy (non-hydrogen) atoms. The Morgan fingerprint density at radius 3 is 2.14 bits per heavy atom. The van der Waals surface area contributed by atoms with Crippen LogP contribution in [0.25, 0.3) is 0 Å². The molecule has 0 spiro atoms. The van der Waals surface area contributed by atoms with Gasteiger partial charge in [-0.05, 0) is 31.4 Å². The van der Waals surface area contributed by atoms with Gasteiger partial charge in [0.25, 0.3) is 0 Å². The van der Waals surface area contributed by atoms with E-state index in [0.717, 1.165) is 0 Å². The summed E-state index contributed by atoms with van der Waals surface area (Å²) in [5.41, 5.74) is -2.68. The number of carbonyl (C=O) groups is 3. The Kier molecular flexibility index (Phi) is 6.43. The number of hydrogen-bond donors (Lipinski definition) is 3. The highest BCUT2D eigenvalue weighted by molar-refractivity contribution is 5.69. The number of hydrogen-bond acceptors (Lipinski definition) is 10. The maximum absolute atomic E-state index is 12.5. The van der Waals surface area contributed by atoms with E-state index in [4.69, 9.17) is 18.9 Å². The van der Waals surface area contributed by atoms with Gasteiger partial charge in [-0.2, -0.15) is 0 Å². The molecule has 4 aliphatic rings. The second-order valence-corrected chi connectivity index (χ2v) is 11.0. The molecule has 200 valence electrons. The molecule has 0 bridgehead atoms. The molecule has 0 radical (unpaired) electrons. The monoisotopic (exact) mass is 508 g/mol. The Morgan fingerprint density at radius 2 is 1.61 bits per heavy atom. The molecule has 0 aromatic heterocycles. The molecule has 4 rings (SSSR count). The molecule has 0 aromatic carbocycles. The summed E-state index contributed by atoms with van der Waals surface area (Å²) in [5, 5.41) is 34.1.